The van der Waals surface area contributed by atoms with Crippen molar-refractivity contribution >= 4 is 5.78 Å². The van der Waals surface area contributed by atoms with E-state index in [1.54, 1.807) is 6.92 Å². The Hall–Kier alpha value is -0.410. The number of hydrogen-bond acceptors (Lipinski definition) is 3. The molecule has 1 saturated heterocycles. The summed E-state index contributed by atoms with van der Waals surface area (Å²) < 4.78 is 0. The fraction of sp³-hybridized carbons (Fsp3) is 0.909. The second-order valence-corrected chi connectivity index (χ2v) is 4.30. The van der Waals surface area contributed by atoms with E-state index in [0.29, 0.717) is 5.78 Å². The molecule has 0 radical (unpaired) electrons. The number of rotatable bonds is 5. The molecule has 0 unspecified atom stereocenters. The van der Waals surface area contributed by atoms with E-state index in [2.05, 4.69) is 16.8 Å². The lowest BCUT2D eigenvalue weighted by Gasteiger charge is -2.32. The summed E-state index contributed by atoms with van der Waals surface area (Å²) in [4.78, 5) is 15.6. The molecule has 0 N–H and O–H groups in total. The molecule has 3 nitrogen and oxygen atoms in total. The lowest BCUT2D eigenvalue weighted by atomic mass is 10.2. The van der Waals surface area contributed by atoms with E-state index in [9.17, 15) is 4.79 Å². The lowest BCUT2D eigenvalue weighted by Crippen LogP contribution is -2.44. The molecule has 0 amide bonds. The number of likely N-dealkylation sites (N-methyl/N-ethyl adjacent to an activating group) is 1. The third kappa shape index (κ3) is 4.72. The monoisotopic (exact) mass is 198 g/mol. The van der Waals surface area contributed by atoms with E-state index in [1.165, 1.54) is 39.1 Å². The third-order valence-corrected chi connectivity index (χ3v) is 2.85. The van der Waals surface area contributed by atoms with Gasteiger partial charge in [-0.25, -0.2) is 0 Å². The quantitative estimate of drug-likeness (QED) is 0.616. The van der Waals surface area contributed by atoms with Crippen LogP contribution in [0.5, 0.6) is 0 Å². The fourth-order valence-corrected chi connectivity index (χ4v) is 1.78. The predicted octanol–water partition coefficient (Wildman–Crippen LogP) is 0.993. The van der Waals surface area contributed by atoms with Crippen molar-refractivity contribution < 1.29 is 4.79 Å². The van der Waals surface area contributed by atoms with Crippen LogP contribution in [0.25, 0.3) is 0 Å². The zero-order valence-corrected chi connectivity index (χ0v) is 9.46. The number of ketones is 1. The first-order valence-electron chi connectivity index (χ1n) is 5.59. The second kappa shape index (κ2) is 6.14. The number of unbranched alkanes of at least 4 members (excludes halogenated alkanes) is 1. The summed E-state index contributed by atoms with van der Waals surface area (Å²) in [5, 5.41) is 0. The van der Waals surface area contributed by atoms with Crippen LogP contribution >= 0.6 is 0 Å². The van der Waals surface area contributed by atoms with Crippen molar-refractivity contribution in [3.63, 3.8) is 0 Å². The van der Waals surface area contributed by atoms with Crippen LogP contribution in [0, 0.1) is 0 Å². The highest BCUT2D eigenvalue weighted by molar-refractivity contribution is 5.75. The van der Waals surface area contributed by atoms with Gasteiger partial charge in [-0.1, -0.05) is 0 Å². The minimum absolute atomic E-state index is 0.323. The van der Waals surface area contributed by atoms with Crippen LogP contribution in [0.3, 0.4) is 0 Å². The third-order valence-electron chi connectivity index (χ3n) is 2.85. The molecule has 0 saturated carbocycles. The molecule has 0 bridgehead atoms. The molecule has 0 atom stereocenters. The Morgan fingerprint density at radius 2 is 1.79 bits per heavy atom. The van der Waals surface area contributed by atoms with E-state index in [0.717, 1.165) is 12.8 Å². The molecule has 1 aliphatic rings. The molecule has 0 spiro atoms. The molecule has 3 heteroatoms. The van der Waals surface area contributed by atoms with E-state index in [1.807, 2.05) is 0 Å². The van der Waals surface area contributed by atoms with E-state index >= 15 is 0 Å². The lowest BCUT2D eigenvalue weighted by molar-refractivity contribution is -0.117. The van der Waals surface area contributed by atoms with Crippen LogP contribution in [-0.2, 0) is 4.79 Å². The first kappa shape index (κ1) is 11.7. The summed E-state index contributed by atoms with van der Waals surface area (Å²) in [6.07, 6.45) is 2.98. The van der Waals surface area contributed by atoms with Gasteiger partial charge in [0.15, 0.2) is 0 Å². The molecule has 0 aromatic rings. The number of carbonyl (C=O) groups is 1. The van der Waals surface area contributed by atoms with Gasteiger partial charge in [0.1, 0.15) is 5.78 Å². The minimum Gasteiger partial charge on any atom is -0.304 e. The molecule has 0 aromatic carbocycles. The van der Waals surface area contributed by atoms with Crippen molar-refractivity contribution in [2.45, 2.75) is 26.2 Å². The standard InChI is InChI=1S/C11H22N2O/c1-11(14)5-3-4-6-13-9-7-12(2)8-10-13/h3-10H2,1-2H3. The maximum absolute atomic E-state index is 10.7. The van der Waals surface area contributed by atoms with Crippen LogP contribution in [0.1, 0.15) is 26.2 Å². The smallest absolute Gasteiger partial charge is 0.129 e. The molecule has 1 fully saturated rings. The Balaban J connectivity index is 1.99. The van der Waals surface area contributed by atoms with Crippen molar-refractivity contribution in [2.75, 3.05) is 39.8 Å². The van der Waals surface area contributed by atoms with E-state index in [-0.39, 0.29) is 0 Å². The Kier molecular flexibility index (Phi) is 5.12. The van der Waals surface area contributed by atoms with Crippen LogP contribution < -0.4 is 0 Å². The van der Waals surface area contributed by atoms with E-state index < -0.39 is 0 Å². The van der Waals surface area contributed by atoms with Crippen LogP contribution in [0.4, 0.5) is 0 Å². The zero-order valence-electron chi connectivity index (χ0n) is 9.46. The molecular weight excluding hydrogens is 176 g/mol. The molecule has 82 valence electrons. The maximum atomic E-state index is 10.7. The summed E-state index contributed by atoms with van der Waals surface area (Å²) in [6, 6.07) is 0. The Labute approximate surface area is 87.1 Å². The Morgan fingerprint density at radius 3 is 2.36 bits per heavy atom. The summed E-state index contributed by atoms with van der Waals surface area (Å²) >= 11 is 0. The van der Waals surface area contributed by atoms with Crippen molar-refractivity contribution in [2.24, 2.45) is 0 Å². The largest absolute Gasteiger partial charge is 0.304 e. The second-order valence-electron chi connectivity index (χ2n) is 4.30. The highest BCUT2D eigenvalue weighted by Gasteiger charge is 2.12. The summed E-state index contributed by atoms with van der Waals surface area (Å²) in [5.74, 6) is 0.323. The van der Waals surface area contributed by atoms with Gasteiger partial charge in [0.2, 0.25) is 0 Å². The average Bonchev–Trinajstić information content (AvgIpc) is 2.15. The first-order valence-corrected chi connectivity index (χ1v) is 5.59. The summed E-state index contributed by atoms with van der Waals surface area (Å²) in [6.45, 7) is 7.60. The van der Waals surface area contributed by atoms with Gasteiger partial charge < -0.3 is 14.6 Å². The predicted molar refractivity (Wildman–Crippen MR) is 58.5 cm³/mol. The van der Waals surface area contributed by atoms with Crippen LogP contribution in [0.15, 0.2) is 0 Å². The normalized spacial score (nSPS) is 19.9. The Morgan fingerprint density at radius 1 is 1.14 bits per heavy atom. The topological polar surface area (TPSA) is 23.6 Å². The van der Waals surface area contributed by atoms with Crippen LogP contribution in [0.2, 0.25) is 0 Å². The van der Waals surface area contributed by atoms with Crippen molar-refractivity contribution in [3.8, 4) is 0 Å². The fourth-order valence-electron chi connectivity index (χ4n) is 1.78. The van der Waals surface area contributed by atoms with Crippen LogP contribution in [-0.4, -0.2) is 55.4 Å². The SMILES string of the molecule is CC(=O)CCCCN1CCN(C)CC1. The van der Waals surface area contributed by atoms with Gasteiger partial charge in [0, 0.05) is 32.6 Å². The maximum Gasteiger partial charge on any atom is 0.129 e. The molecule has 1 rings (SSSR count). The van der Waals surface area contributed by atoms with Gasteiger partial charge in [-0.05, 0) is 33.4 Å². The zero-order chi connectivity index (χ0) is 10.4. The summed E-state index contributed by atoms with van der Waals surface area (Å²) in [7, 11) is 2.17. The van der Waals surface area contributed by atoms with Crippen molar-refractivity contribution in [1.29, 1.82) is 0 Å². The molecule has 1 aliphatic heterocycles. The van der Waals surface area contributed by atoms with Gasteiger partial charge >= 0.3 is 0 Å². The summed E-state index contributed by atoms with van der Waals surface area (Å²) in [5.41, 5.74) is 0. The van der Waals surface area contributed by atoms with E-state index in [4.69, 9.17) is 0 Å². The highest BCUT2D eigenvalue weighted by atomic mass is 16.1. The Bertz CT molecular complexity index is 174. The molecular formula is C11H22N2O. The van der Waals surface area contributed by atoms with Gasteiger partial charge in [0.05, 0.1) is 0 Å². The van der Waals surface area contributed by atoms with Gasteiger partial charge in [0.25, 0.3) is 0 Å². The number of Topliss-reactive ketones (excluding diaryl/α,β-unsaturated/α-hetero) is 1. The molecule has 0 aliphatic carbocycles. The average molecular weight is 198 g/mol. The highest BCUT2D eigenvalue weighted by Crippen LogP contribution is 2.03. The van der Waals surface area contributed by atoms with Crippen molar-refractivity contribution in [3.05, 3.63) is 0 Å². The minimum atomic E-state index is 0.323. The number of nitrogens with zero attached hydrogens (tertiary/aromatic N) is 2. The van der Waals surface area contributed by atoms with Gasteiger partial charge in [-0.3, -0.25) is 0 Å². The molecule has 14 heavy (non-hydrogen) atoms. The first-order chi connectivity index (χ1) is 6.68. The molecule has 0 aromatic heterocycles. The number of hydrogen-bond donors (Lipinski definition) is 0. The van der Waals surface area contributed by atoms with Gasteiger partial charge in [-0.15, -0.1) is 0 Å². The van der Waals surface area contributed by atoms with Gasteiger partial charge in [-0.2, -0.15) is 0 Å². The number of carbonyl (C=O) groups excluding carboxylic acids is 1. The molecule has 1 heterocycles. The number of piperazine rings is 1. The van der Waals surface area contributed by atoms with Crippen molar-refractivity contribution in [1.82, 2.24) is 9.80 Å².